The molecule has 1 aliphatic carbocycles. The van der Waals surface area contributed by atoms with Crippen molar-refractivity contribution in [3.8, 4) is 11.5 Å². The zero-order valence-corrected chi connectivity index (χ0v) is 15.5. The van der Waals surface area contributed by atoms with Crippen molar-refractivity contribution in [3.05, 3.63) is 28.7 Å². The molecule has 1 heterocycles. The highest BCUT2D eigenvalue weighted by Crippen LogP contribution is 2.32. The zero-order chi connectivity index (χ0) is 17.6. The van der Waals surface area contributed by atoms with Crippen LogP contribution < -0.4 is 14.8 Å². The number of carbonyl (C=O) groups excluding carboxylic acids is 1. The third-order valence-electron chi connectivity index (χ3n) is 4.31. The molecule has 134 valence electrons. The molecule has 1 aromatic carbocycles. The number of aliphatic imine (C=N–C) groups is 1. The van der Waals surface area contributed by atoms with Gasteiger partial charge >= 0.3 is 0 Å². The molecule has 2 fully saturated rings. The number of ether oxygens (including phenoxy) is 2. The van der Waals surface area contributed by atoms with Crippen LogP contribution in [0.3, 0.4) is 0 Å². The lowest BCUT2D eigenvalue weighted by atomic mass is 9.96. The van der Waals surface area contributed by atoms with E-state index in [0.717, 1.165) is 23.6 Å². The van der Waals surface area contributed by atoms with Gasteiger partial charge in [-0.1, -0.05) is 25.3 Å². The summed E-state index contributed by atoms with van der Waals surface area (Å²) in [4.78, 5) is 17.6. The molecule has 0 atom stereocenters. The number of thioether (sulfide) groups is 1. The van der Waals surface area contributed by atoms with Gasteiger partial charge in [-0.05, 0) is 55.3 Å². The number of benzene rings is 1. The molecule has 1 aromatic rings. The van der Waals surface area contributed by atoms with Gasteiger partial charge in [-0.3, -0.25) is 9.79 Å². The lowest BCUT2D eigenvalue weighted by Gasteiger charge is -2.17. The van der Waals surface area contributed by atoms with E-state index < -0.39 is 0 Å². The number of rotatable bonds is 5. The van der Waals surface area contributed by atoms with Crippen LogP contribution in [0.25, 0.3) is 6.08 Å². The fraction of sp³-hybridized carbons (Fsp3) is 0.474. The van der Waals surface area contributed by atoms with Gasteiger partial charge in [0.25, 0.3) is 5.91 Å². The second-order valence-corrected chi connectivity index (χ2v) is 7.16. The summed E-state index contributed by atoms with van der Waals surface area (Å²) in [7, 11) is 1.61. The highest BCUT2D eigenvalue weighted by Gasteiger charge is 2.25. The minimum Gasteiger partial charge on any atom is -0.493 e. The third-order valence-corrected chi connectivity index (χ3v) is 5.23. The van der Waals surface area contributed by atoms with E-state index >= 15 is 0 Å². The standard InChI is InChI=1S/C19H24N2O3S/c1-3-24-15-10-9-13(11-16(15)23-2)12-17-18(22)21-19(25-17)20-14-7-5-4-6-8-14/h9-12,14H,3-8H2,1-2H3,(H,20,21,22)/b17-12+. The van der Waals surface area contributed by atoms with Gasteiger partial charge in [-0.15, -0.1) is 0 Å². The van der Waals surface area contributed by atoms with Crippen LogP contribution in [0.5, 0.6) is 11.5 Å². The minimum absolute atomic E-state index is 0.0904. The summed E-state index contributed by atoms with van der Waals surface area (Å²) in [6.45, 7) is 2.51. The monoisotopic (exact) mass is 360 g/mol. The molecule has 0 radical (unpaired) electrons. The van der Waals surface area contributed by atoms with Crippen molar-refractivity contribution in [3.63, 3.8) is 0 Å². The molecule has 1 saturated heterocycles. The number of methoxy groups -OCH3 is 1. The Balaban J connectivity index is 1.74. The summed E-state index contributed by atoms with van der Waals surface area (Å²) >= 11 is 1.41. The first-order valence-corrected chi connectivity index (χ1v) is 9.60. The molecule has 25 heavy (non-hydrogen) atoms. The van der Waals surface area contributed by atoms with Crippen LogP contribution >= 0.6 is 11.8 Å². The average Bonchev–Trinajstić information content (AvgIpc) is 2.96. The number of hydrogen-bond donors (Lipinski definition) is 1. The molecule has 5 nitrogen and oxygen atoms in total. The predicted molar refractivity (Wildman–Crippen MR) is 102 cm³/mol. The fourth-order valence-corrected chi connectivity index (χ4v) is 3.96. The Morgan fingerprint density at radius 1 is 1.28 bits per heavy atom. The number of nitrogens with one attached hydrogen (secondary N) is 1. The SMILES string of the molecule is CCOc1ccc(/C=C2/SC(=NC3CCCCC3)NC2=O)cc1OC. The van der Waals surface area contributed by atoms with Gasteiger partial charge in [0.15, 0.2) is 16.7 Å². The summed E-state index contributed by atoms with van der Waals surface area (Å²) in [6, 6.07) is 6.01. The second kappa shape index (κ2) is 8.43. The van der Waals surface area contributed by atoms with Crippen LogP contribution in [0.15, 0.2) is 28.1 Å². The molecule has 1 N–H and O–H groups in total. The molecule has 0 aromatic heterocycles. The van der Waals surface area contributed by atoms with Gasteiger partial charge < -0.3 is 14.8 Å². The molecule has 1 amide bonds. The Labute approximate surface area is 152 Å². The molecule has 6 heteroatoms. The number of nitrogens with zero attached hydrogens (tertiary/aromatic N) is 1. The molecule has 1 aliphatic heterocycles. The number of amides is 1. The molecule has 0 spiro atoms. The van der Waals surface area contributed by atoms with Crippen LogP contribution in [0, 0.1) is 0 Å². The Bertz CT molecular complexity index is 694. The van der Waals surface area contributed by atoms with Crippen molar-refractivity contribution in [1.82, 2.24) is 5.32 Å². The van der Waals surface area contributed by atoms with E-state index in [9.17, 15) is 4.79 Å². The van der Waals surface area contributed by atoms with Gasteiger partial charge in [0.1, 0.15) is 0 Å². The van der Waals surface area contributed by atoms with E-state index in [1.54, 1.807) is 7.11 Å². The smallest absolute Gasteiger partial charge is 0.264 e. The first-order chi connectivity index (χ1) is 12.2. The summed E-state index contributed by atoms with van der Waals surface area (Å²) < 4.78 is 10.9. The first-order valence-electron chi connectivity index (χ1n) is 8.79. The molecule has 3 rings (SSSR count). The highest BCUT2D eigenvalue weighted by atomic mass is 32.2. The normalized spacial score (nSPS) is 21.6. The Morgan fingerprint density at radius 3 is 2.80 bits per heavy atom. The molecule has 0 unspecified atom stereocenters. The van der Waals surface area contributed by atoms with Gasteiger partial charge in [0, 0.05) is 0 Å². The molecule has 2 aliphatic rings. The van der Waals surface area contributed by atoms with Crippen LogP contribution in [0.2, 0.25) is 0 Å². The maximum absolute atomic E-state index is 12.2. The molecule has 0 bridgehead atoms. The number of amidine groups is 1. The fourth-order valence-electron chi connectivity index (χ4n) is 3.06. The topological polar surface area (TPSA) is 59.9 Å². The Morgan fingerprint density at radius 2 is 2.08 bits per heavy atom. The first kappa shape index (κ1) is 17.9. The molecular formula is C19H24N2O3S. The van der Waals surface area contributed by atoms with E-state index in [0.29, 0.717) is 29.1 Å². The average molecular weight is 360 g/mol. The van der Waals surface area contributed by atoms with E-state index in [-0.39, 0.29) is 5.91 Å². The van der Waals surface area contributed by atoms with Crippen LogP contribution in [0.1, 0.15) is 44.6 Å². The maximum atomic E-state index is 12.2. The van der Waals surface area contributed by atoms with E-state index in [1.165, 1.54) is 31.0 Å². The molecular weight excluding hydrogens is 336 g/mol. The van der Waals surface area contributed by atoms with Crippen molar-refractivity contribution >= 4 is 28.9 Å². The molecule has 1 saturated carbocycles. The van der Waals surface area contributed by atoms with Gasteiger partial charge in [0.2, 0.25) is 0 Å². The number of hydrogen-bond acceptors (Lipinski definition) is 5. The highest BCUT2D eigenvalue weighted by molar-refractivity contribution is 8.18. The van der Waals surface area contributed by atoms with E-state index in [4.69, 9.17) is 14.5 Å². The number of carbonyl (C=O) groups is 1. The van der Waals surface area contributed by atoms with Crippen molar-refractivity contribution in [1.29, 1.82) is 0 Å². The van der Waals surface area contributed by atoms with E-state index in [1.807, 2.05) is 31.2 Å². The lowest BCUT2D eigenvalue weighted by molar-refractivity contribution is -0.115. The lowest BCUT2D eigenvalue weighted by Crippen LogP contribution is -2.22. The summed E-state index contributed by atoms with van der Waals surface area (Å²) in [5, 5.41) is 3.60. The van der Waals surface area contributed by atoms with Crippen molar-refractivity contribution in [2.75, 3.05) is 13.7 Å². The van der Waals surface area contributed by atoms with Crippen LogP contribution in [-0.4, -0.2) is 30.8 Å². The Hall–Kier alpha value is -1.95. The van der Waals surface area contributed by atoms with Crippen LogP contribution in [0.4, 0.5) is 0 Å². The summed E-state index contributed by atoms with van der Waals surface area (Å²) in [6.07, 6.45) is 7.86. The van der Waals surface area contributed by atoms with Gasteiger partial charge in [0.05, 0.1) is 24.7 Å². The quantitative estimate of drug-likeness (QED) is 0.807. The second-order valence-electron chi connectivity index (χ2n) is 6.13. The van der Waals surface area contributed by atoms with Gasteiger partial charge in [-0.2, -0.15) is 0 Å². The maximum Gasteiger partial charge on any atom is 0.264 e. The van der Waals surface area contributed by atoms with E-state index in [2.05, 4.69) is 5.32 Å². The van der Waals surface area contributed by atoms with Crippen molar-refractivity contribution < 1.29 is 14.3 Å². The van der Waals surface area contributed by atoms with Crippen molar-refractivity contribution in [2.45, 2.75) is 45.1 Å². The van der Waals surface area contributed by atoms with Crippen LogP contribution in [-0.2, 0) is 4.79 Å². The van der Waals surface area contributed by atoms with Gasteiger partial charge in [-0.25, -0.2) is 0 Å². The Kier molecular flexibility index (Phi) is 6.02. The summed E-state index contributed by atoms with van der Waals surface area (Å²) in [5.74, 6) is 1.28. The minimum atomic E-state index is -0.0904. The third kappa shape index (κ3) is 4.57. The summed E-state index contributed by atoms with van der Waals surface area (Å²) in [5.41, 5.74) is 0.900. The largest absolute Gasteiger partial charge is 0.493 e. The predicted octanol–water partition coefficient (Wildman–Crippen LogP) is 3.99. The zero-order valence-electron chi connectivity index (χ0n) is 14.7. The van der Waals surface area contributed by atoms with Crippen molar-refractivity contribution in [2.24, 2.45) is 4.99 Å².